The smallest absolute Gasteiger partial charge is 0.320 e. The molecular formula is C9H12ClN3O. The molecular weight excluding hydrogens is 202 g/mol. The van der Waals surface area contributed by atoms with Crippen LogP contribution in [0.1, 0.15) is 37.4 Å². The minimum absolute atomic E-state index is 0.221. The largest absolute Gasteiger partial charge is 0.467 e. The average molecular weight is 214 g/mol. The van der Waals surface area contributed by atoms with Gasteiger partial charge in [-0.1, -0.05) is 12.8 Å². The van der Waals surface area contributed by atoms with Crippen LogP contribution in [-0.4, -0.2) is 22.1 Å². The van der Waals surface area contributed by atoms with Gasteiger partial charge in [-0.25, -0.2) is 4.98 Å². The second-order valence-electron chi connectivity index (χ2n) is 3.43. The zero-order chi connectivity index (χ0) is 9.97. The highest BCUT2D eigenvalue weighted by atomic mass is 35.5. The molecule has 1 saturated carbocycles. The summed E-state index contributed by atoms with van der Waals surface area (Å²) in [5.41, 5.74) is 0. The van der Waals surface area contributed by atoms with E-state index in [2.05, 4.69) is 15.0 Å². The number of hydrogen-bond donors (Lipinski definition) is 0. The van der Waals surface area contributed by atoms with Gasteiger partial charge in [0.2, 0.25) is 5.28 Å². The summed E-state index contributed by atoms with van der Waals surface area (Å²) in [5.74, 6) is 1.21. The van der Waals surface area contributed by atoms with Crippen LogP contribution in [-0.2, 0) is 0 Å². The van der Waals surface area contributed by atoms with E-state index < -0.39 is 0 Å². The van der Waals surface area contributed by atoms with E-state index in [0.717, 1.165) is 18.7 Å². The lowest BCUT2D eigenvalue weighted by atomic mass is 10.1. The SMILES string of the molecule is COc1nc(Cl)nc(C2CCCC2)n1. The van der Waals surface area contributed by atoms with E-state index in [-0.39, 0.29) is 5.28 Å². The van der Waals surface area contributed by atoms with Gasteiger partial charge >= 0.3 is 6.01 Å². The van der Waals surface area contributed by atoms with Crippen molar-refractivity contribution in [1.29, 1.82) is 0 Å². The van der Waals surface area contributed by atoms with Crippen LogP contribution < -0.4 is 4.74 Å². The normalized spacial score (nSPS) is 17.3. The molecule has 2 rings (SSSR count). The molecule has 1 aliphatic rings. The van der Waals surface area contributed by atoms with Crippen molar-refractivity contribution < 1.29 is 4.74 Å². The Balaban J connectivity index is 2.27. The van der Waals surface area contributed by atoms with Gasteiger partial charge in [-0.3, -0.25) is 0 Å². The van der Waals surface area contributed by atoms with Crippen LogP contribution in [0.3, 0.4) is 0 Å². The molecule has 1 heterocycles. The lowest BCUT2D eigenvalue weighted by Crippen LogP contribution is -2.04. The molecule has 0 spiro atoms. The monoisotopic (exact) mass is 213 g/mol. The third kappa shape index (κ3) is 1.95. The molecule has 0 amide bonds. The summed E-state index contributed by atoms with van der Waals surface area (Å²) in [6.07, 6.45) is 4.78. The number of halogens is 1. The minimum Gasteiger partial charge on any atom is -0.467 e. The Labute approximate surface area is 87.7 Å². The molecule has 4 nitrogen and oxygen atoms in total. The van der Waals surface area contributed by atoms with E-state index in [9.17, 15) is 0 Å². The van der Waals surface area contributed by atoms with Crippen molar-refractivity contribution in [3.8, 4) is 6.01 Å². The second kappa shape index (κ2) is 4.09. The third-order valence-electron chi connectivity index (χ3n) is 2.51. The number of hydrogen-bond acceptors (Lipinski definition) is 4. The van der Waals surface area contributed by atoms with Crippen molar-refractivity contribution in [2.45, 2.75) is 31.6 Å². The molecule has 0 saturated heterocycles. The number of aromatic nitrogens is 3. The molecule has 5 heteroatoms. The highest BCUT2D eigenvalue weighted by Gasteiger charge is 2.21. The Hall–Kier alpha value is -0.900. The summed E-state index contributed by atoms with van der Waals surface area (Å²) >= 11 is 5.76. The van der Waals surface area contributed by atoms with Crippen LogP contribution in [0.15, 0.2) is 0 Å². The molecule has 1 aromatic heterocycles. The number of nitrogens with zero attached hydrogens (tertiary/aromatic N) is 3. The minimum atomic E-state index is 0.221. The lowest BCUT2D eigenvalue weighted by molar-refractivity contribution is 0.373. The molecule has 0 bridgehead atoms. The maximum atomic E-state index is 5.76. The van der Waals surface area contributed by atoms with Gasteiger partial charge in [0, 0.05) is 5.92 Å². The first-order valence-electron chi connectivity index (χ1n) is 4.75. The number of ether oxygens (including phenoxy) is 1. The molecule has 1 aromatic rings. The first kappa shape index (κ1) is 9.65. The van der Waals surface area contributed by atoms with E-state index >= 15 is 0 Å². The highest BCUT2D eigenvalue weighted by molar-refractivity contribution is 6.28. The highest BCUT2D eigenvalue weighted by Crippen LogP contribution is 2.32. The van der Waals surface area contributed by atoms with E-state index in [1.54, 1.807) is 0 Å². The van der Waals surface area contributed by atoms with Gasteiger partial charge in [-0.2, -0.15) is 9.97 Å². The van der Waals surface area contributed by atoms with Crippen molar-refractivity contribution in [1.82, 2.24) is 15.0 Å². The number of methoxy groups -OCH3 is 1. The van der Waals surface area contributed by atoms with E-state index in [1.165, 1.54) is 20.0 Å². The summed E-state index contributed by atoms with van der Waals surface area (Å²) in [4.78, 5) is 12.2. The summed E-state index contributed by atoms with van der Waals surface area (Å²) < 4.78 is 4.95. The molecule has 0 N–H and O–H groups in total. The molecule has 0 aromatic carbocycles. The summed E-state index contributed by atoms with van der Waals surface area (Å²) in [7, 11) is 1.53. The predicted molar refractivity (Wildman–Crippen MR) is 52.6 cm³/mol. The van der Waals surface area contributed by atoms with Gasteiger partial charge < -0.3 is 4.74 Å². The number of rotatable bonds is 2. The molecule has 0 radical (unpaired) electrons. The van der Waals surface area contributed by atoms with Crippen LogP contribution in [0.25, 0.3) is 0 Å². The molecule has 0 aliphatic heterocycles. The Morgan fingerprint density at radius 2 is 1.93 bits per heavy atom. The topological polar surface area (TPSA) is 47.9 Å². The predicted octanol–water partition coefficient (Wildman–Crippen LogP) is 2.19. The Morgan fingerprint density at radius 1 is 1.21 bits per heavy atom. The molecule has 0 atom stereocenters. The van der Waals surface area contributed by atoms with E-state index in [4.69, 9.17) is 16.3 Å². The molecule has 1 aliphatic carbocycles. The first-order chi connectivity index (χ1) is 6.79. The molecule has 76 valence electrons. The lowest BCUT2D eigenvalue weighted by Gasteiger charge is -2.07. The zero-order valence-electron chi connectivity index (χ0n) is 8.03. The molecule has 14 heavy (non-hydrogen) atoms. The summed E-state index contributed by atoms with van der Waals surface area (Å²) in [6.45, 7) is 0. The quantitative estimate of drug-likeness (QED) is 0.756. The van der Waals surface area contributed by atoms with Crippen molar-refractivity contribution in [2.75, 3.05) is 7.11 Å². The van der Waals surface area contributed by atoms with Crippen LogP contribution in [0.5, 0.6) is 6.01 Å². The fourth-order valence-electron chi connectivity index (χ4n) is 1.80. The Kier molecular flexibility index (Phi) is 2.82. The summed E-state index contributed by atoms with van der Waals surface area (Å²) in [5, 5.41) is 0.221. The molecule has 1 fully saturated rings. The van der Waals surface area contributed by atoms with Gasteiger partial charge in [-0.05, 0) is 24.4 Å². The Morgan fingerprint density at radius 3 is 2.57 bits per heavy atom. The maximum absolute atomic E-state index is 5.76. The zero-order valence-corrected chi connectivity index (χ0v) is 8.79. The van der Waals surface area contributed by atoms with Gasteiger partial charge in [0.05, 0.1) is 7.11 Å². The Bertz CT molecular complexity index is 326. The van der Waals surface area contributed by atoms with E-state index in [1.807, 2.05) is 0 Å². The van der Waals surface area contributed by atoms with Crippen molar-refractivity contribution >= 4 is 11.6 Å². The van der Waals surface area contributed by atoms with E-state index in [0.29, 0.717) is 11.9 Å². The fraction of sp³-hybridized carbons (Fsp3) is 0.667. The second-order valence-corrected chi connectivity index (χ2v) is 3.77. The van der Waals surface area contributed by atoms with Crippen LogP contribution in [0.4, 0.5) is 0 Å². The van der Waals surface area contributed by atoms with Crippen molar-refractivity contribution in [3.63, 3.8) is 0 Å². The van der Waals surface area contributed by atoms with Crippen LogP contribution >= 0.6 is 11.6 Å². The van der Waals surface area contributed by atoms with Gasteiger partial charge in [0.1, 0.15) is 5.82 Å². The van der Waals surface area contributed by atoms with Crippen molar-refractivity contribution in [2.24, 2.45) is 0 Å². The van der Waals surface area contributed by atoms with Crippen LogP contribution in [0.2, 0.25) is 5.28 Å². The van der Waals surface area contributed by atoms with Gasteiger partial charge in [0.15, 0.2) is 0 Å². The van der Waals surface area contributed by atoms with Crippen LogP contribution in [0, 0.1) is 0 Å². The van der Waals surface area contributed by atoms with Gasteiger partial charge in [0.25, 0.3) is 0 Å². The third-order valence-corrected chi connectivity index (χ3v) is 2.68. The summed E-state index contributed by atoms with van der Waals surface area (Å²) in [6, 6.07) is 0.312. The standard InChI is InChI=1S/C9H12ClN3O/c1-14-9-12-7(11-8(10)13-9)6-4-2-3-5-6/h6H,2-5H2,1H3. The average Bonchev–Trinajstić information content (AvgIpc) is 2.69. The maximum Gasteiger partial charge on any atom is 0.320 e. The van der Waals surface area contributed by atoms with Gasteiger partial charge in [-0.15, -0.1) is 0 Å². The van der Waals surface area contributed by atoms with Crippen molar-refractivity contribution in [3.05, 3.63) is 11.1 Å². The molecule has 0 unspecified atom stereocenters. The fourth-order valence-corrected chi connectivity index (χ4v) is 1.96. The first-order valence-corrected chi connectivity index (χ1v) is 5.13.